The molecule has 6 heteroatoms. The molecule has 1 aliphatic rings. The zero-order chi connectivity index (χ0) is 13.2. The molecule has 0 aliphatic carbocycles. The minimum Gasteiger partial charge on any atom is -0.393 e. The summed E-state index contributed by atoms with van der Waals surface area (Å²) in [6, 6.07) is 3.89. The number of pyridine rings is 1. The van der Waals surface area contributed by atoms with Crippen molar-refractivity contribution in [3.8, 4) is 11.1 Å². The van der Waals surface area contributed by atoms with Gasteiger partial charge in [-0.25, -0.2) is 0 Å². The summed E-state index contributed by atoms with van der Waals surface area (Å²) in [6.45, 7) is 1.70. The Kier molecular flexibility index (Phi) is 3.35. The van der Waals surface area contributed by atoms with Crippen LogP contribution >= 0.6 is 11.5 Å². The molecule has 2 aromatic rings. The van der Waals surface area contributed by atoms with Gasteiger partial charge in [-0.1, -0.05) is 0 Å². The number of piperidine rings is 1. The van der Waals surface area contributed by atoms with Crippen molar-refractivity contribution in [1.29, 1.82) is 0 Å². The summed E-state index contributed by atoms with van der Waals surface area (Å²) in [4.78, 5) is 6.29. The molecule has 1 fully saturated rings. The third-order valence-electron chi connectivity index (χ3n) is 3.42. The maximum atomic E-state index is 9.59. The Balaban J connectivity index is 1.95. The molecule has 0 unspecified atom stereocenters. The standard InChI is InChI=1S/C13H16N4OS/c14-12-11(9-1-5-15-6-2-9)13(19-16-12)17-7-3-10(18)4-8-17/h1-2,5-6,10,18H,3-4,7-8H2,(H2,14,16). The third kappa shape index (κ3) is 2.41. The van der Waals surface area contributed by atoms with Gasteiger partial charge in [0.05, 0.1) is 11.7 Å². The number of nitrogens with two attached hydrogens (primary N) is 1. The first-order valence-electron chi connectivity index (χ1n) is 6.34. The van der Waals surface area contributed by atoms with Crippen LogP contribution in [-0.2, 0) is 0 Å². The van der Waals surface area contributed by atoms with Gasteiger partial charge in [0, 0.05) is 25.5 Å². The van der Waals surface area contributed by atoms with Gasteiger partial charge in [-0.05, 0) is 42.1 Å². The van der Waals surface area contributed by atoms with E-state index < -0.39 is 0 Å². The lowest BCUT2D eigenvalue weighted by Crippen LogP contribution is -2.35. The number of rotatable bonds is 2. The lowest BCUT2D eigenvalue weighted by atomic mass is 10.1. The van der Waals surface area contributed by atoms with E-state index in [4.69, 9.17) is 5.73 Å². The topological polar surface area (TPSA) is 75.3 Å². The molecule has 1 aliphatic heterocycles. The maximum absolute atomic E-state index is 9.59. The van der Waals surface area contributed by atoms with Crippen LogP contribution in [0.4, 0.5) is 10.8 Å². The van der Waals surface area contributed by atoms with E-state index in [1.165, 1.54) is 11.5 Å². The molecule has 0 spiro atoms. The Morgan fingerprint density at radius 2 is 1.95 bits per heavy atom. The van der Waals surface area contributed by atoms with E-state index in [1.807, 2.05) is 12.1 Å². The molecule has 1 saturated heterocycles. The van der Waals surface area contributed by atoms with E-state index in [1.54, 1.807) is 12.4 Å². The van der Waals surface area contributed by atoms with Crippen molar-refractivity contribution in [2.24, 2.45) is 0 Å². The maximum Gasteiger partial charge on any atom is 0.147 e. The molecule has 0 saturated carbocycles. The van der Waals surface area contributed by atoms with Crippen molar-refractivity contribution in [2.75, 3.05) is 23.7 Å². The molecule has 0 bridgehead atoms. The smallest absolute Gasteiger partial charge is 0.147 e. The van der Waals surface area contributed by atoms with E-state index >= 15 is 0 Å². The van der Waals surface area contributed by atoms with Gasteiger partial charge in [-0.2, -0.15) is 4.37 Å². The zero-order valence-corrected chi connectivity index (χ0v) is 11.3. The second-order valence-electron chi connectivity index (χ2n) is 4.70. The molecule has 2 aromatic heterocycles. The van der Waals surface area contributed by atoms with Crippen molar-refractivity contribution in [1.82, 2.24) is 9.36 Å². The van der Waals surface area contributed by atoms with Crippen LogP contribution in [0.5, 0.6) is 0 Å². The van der Waals surface area contributed by atoms with Crippen molar-refractivity contribution < 1.29 is 5.11 Å². The number of hydrogen-bond donors (Lipinski definition) is 2. The Labute approximate surface area is 115 Å². The minimum atomic E-state index is -0.175. The van der Waals surface area contributed by atoms with Crippen molar-refractivity contribution in [3.05, 3.63) is 24.5 Å². The molecule has 0 amide bonds. The van der Waals surface area contributed by atoms with Gasteiger partial charge < -0.3 is 15.7 Å². The average molecular weight is 276 g/mol. The van der Waals surface area contributed by atoms with Crippen LogP contribution in [0.2, 0.25) is 0 Å². The summed E-state index contributed by atoms with van der Waals surface area (Å²) < 4.78 is 4.28. The summed E-state index contributed by atoms with van der Waals surface area (Å²) in [5.74, 6) is 0.567. The monoisotopic (exact) mass is 276 g/mol. The van der Waals surface area contributed by atoms with Crippen molar-refractivity contribution in [2.45, 2.75) is 18.9 Å². The highest BCUT2D eigenvalue weighted by Crippen LogP contribution is 2.39. The second kappa shape index (κ2) is 5.14. The van der Waals surface area contributed by atoms with Crippen LogP contribution in [0.1, 0.15) is 12.8 Å². The summed E-state index contributed by atoms with van der Waals surface area (Å²) in [5.41, 5.74) is 8.04. The molecule has 0 atom stereocenters. The number of aliphatic hydroxyl groups excluding tert-OH is 1. The van der Waals surface area contributed by atoms with Gasteiger partial charge in [-0.15, -0.1) is 0 Å². The number of hydrogen-bond acceptors (Lipinski definition) is 6. The molecule has 3 rings (SSSR count). The fourth-order valence-corrected chi connectivity index (χ4v) is 3.26. The van der Waals surface area contributed by atoms with E-state index in [0.29, 0.717) is 5.82 Å². The minimum absolute atomic E-state index is 0.175. The fourth-order valence-electron chi connectivity index (χ4n) is 2.37. The third-order valence-corrected chi connectivity index (χ3v) is 4.34. The van der Waals surface area contributed by atoms with Crippen LogP contribution in [0.25, 0.3) is 11.1 Å². The first-order valence-corrected chi connectivity index (χ1v) is 7.11. The molecule has 3 heterocycles. The molecular weight excluding hydrogens is 260 g/mol. The van der Waals surface area contributed by atoms with Gasteiger partial charge in [-0.3, -0.25) is 4.98 Å². The highest BCUT2D eigenvalue weighted by Gasteiger charge is 2.23. The number of anilines is 2. The van der Waals surface area contributed by atoms with E-state index in [0.717, 1.165) is 42.1 Å². The average Bonchev–Trinajstić information content (AvgIpc) is 2.82. The van der Waals surface area contributed by atoms with Gasteiger partial charge >= 0.3 is 0 Å². The molecule has 0 aromatic carbocycles. The van der Waals surface area contributed by atoms with E-state index in [2.05, 4.69) is 14.3 Å². The predicted molar refractivity (Wildman–Crippen MR) is 77.2 cm³/mol. The highest BCUT2D eigenvalue weighted by molar-refractivity contribution is 7.11. The zero-order valence-electron chi connectivity index (χ0n) is 10.5. The lowest BCUT2D eigenvalue weighted by molar-refractivity contribution is 0.145. The van der Waals surface area contributed by atoms with Gasteiger partial charge in [0.25, 0.3) is 0 Å². The first kappa shape index (κ1) is 12.4. The molecule has 0 radical (unpaired) electrons. The van der Waals surface area contributed by atoms with Crippen LogP contribution < -0.4 is 10.6 Å². The van der Waals surface area contributed by atoms with E-state index in [-0.39, 0.29) is 6.10 Å². The van der Waals surface area contributed by atoms with Crippen LogP contribution in [0.3, 0.4) is 0 Å². The lowest BCUT2D eigenvalue weighted by Gasteiger charge is -2.30. The van der Waals surface area contributed by atoms with Crippen LogP contribution in [-0.4, -0.2) is 33.7 Å². The summed E-state index contributed by atoms with van der Waals surface area (Å²) in [7, 11) is 0. The number of nitrogens with zero attached hydrogens (tertiary/aromatic N) is 3. The van der Waals surface area contributed by atoms with E-state index in [9.17, 15) is 5.11 Å². The predicted octanol–water partition coefficient (Wildman–Crippen LogP) is 1.75. The quantitative estimate of drug-likeness (QED) is 0.874. The molecule has 19 heavy (non-hydrogen) atoms. The summed E-state index contributed by atoms with van der Waals surface area (Å²) in [6.07, 6.45) is 4.94. The molecule has 100 valence electrons. The fraction of sp³-hybridized carbons (Fsp3) is 0.385. The van der Waals surface area contributed by atoms with Crippen molar-refractivity contribution in [3.63, 3.8) is 0 Å². The Morgan fingerprint density at radius 3 is 2.63 bits per heavy atom. The molecular formula is C13H16N4OS. The number of aliphatic hydroxyl groups is 1. The SMILES string of the molecule is Nc1nsc(N2CCC(O)CC2)c1-c1ccncc1. The summed E-state index contributed by atoms with van der Waals surface area (Å²) >= 11 is 1.43. The Bertz CT molecular complexity index is 549. The summed E-state index contributed by atoms with van der Waals surface area (Å²) in [5, 5.41) is 10.7. The molecule has 5 nitrogen and oxygen atoms in total. The van der Waals surface area contributed by atoms with Gasteiger partial charge in [0.2, 0.25) is 0 Å². The molecule has 3 N–H and O–H groups in total. The van der Waals surface area contributed by atoms with Gasteiger partial charge in [0.1, 0.15) is 10.8 Å². The van der Waals surface area contributed by atoms with Crippen LogP contribution in [0.15, 0.2) is 24.5 Å². The Hall–Kier alpha value is -1.66. The van der Waals surface area contributed by atoms with Gasteiger partial charge in [0.15, 0.2) is 0 Å². The normalized spacial score (nSPS) is 16.8. The first-order chi connectivity index (χ1) is 9.25. The largest absolute Gasteiger partial charge is 0.393 e. The highest BCUT2D eigenvalue weighted by atomic mass is 32.1. The number of aromatic nitrogens is 2. The van der Waals surface area contributed by atoms with Crippen molar-refractivity contribution >= 4 is 22.4 Å². The van der Waals surface area contributed by atoms with Crippen LogP contribution in [0, 0.1) is 0 Å². The second-order valence-corrected chi connectivity index (χ2v) is 5.45. The Morgan fingerprint density at radius 1 is 1.26 bits per heavy atom. The number of nitrogen functional groups attached to an aromatic ring is 1.